The minimum atomic E-state index is -0.808. The Morgan fingerprint density at radius 1 is 1.35 bits per heavy atom. The second kappa shape index (κ2) is 6.47. The quantitative estimate of drug-likeness (QED) is 0.808. The van der Waals surface area contributed by atoms with E-state index in [1.807, 2.05) is 27.7 Å². The van der Waals surface area contributed by atoms with Gasteiger partial charge in [-0.15, -0.1) is 0 Å². The molecule has 0 aromatic rings. The standard InChI is InChI=1S/C12H23NO4/c1-9(7-6-8-10(14)15)13(5)11(16)17-12(2,3)4/h9H,6-8H2,1-5H3,(H,14,15). The van der Waals surface area contributed by atoms with Crippen molar-refractivity contribution in [3.05, 3.63) is 0 Å². The highest BCUT2D eigenvalue weighted by molar-refractivity contribution is 5.68. The Balaban J connectivity index is 4.07. The third-order valence-corrected chi connectivity index (χ3v) is 2.36. The minimum absolute atomic E-state index is 0.0239. The van der Waals surface area contributed by atoms with Crippen LogP contribution in [-0.4, -0.2) is 40.8 Å². The Hall–Kier alpha value is -1.26. The minimum Gasteiger partial charge on any atom is -0.481 e. The number of nitrogens with zero attached hydrogens (tertiary/aromatic N) is 1. The van der Waals surface area contributed by atoms with Crippen molar-refractivity contribution in [3.8, 4) is 0 Å². The number of hydrogen-bond donors (Lipinski definition) is 1. The maximum Gasteiger partial charge on any atom is 0.410 e. The number of aliphatic carboxylic acids is 1. The molecular weight excluding hydrogens is 222 g/mol. The molecule has 1 N–H and O–H groups in total. The molecule has 100 valence electrons. The normalized spacial score (nSPS) is 13.0. The number of amides is 1. The maximum atomic E-state index is 11.7. The zero-order chi connectivity index (χ0) is 13.6. The Morgan fingerprint density at radius 2 is 1.88 bits per heavy atom. The molecule has 0 radical (unpaired) electrons. The highest BCUT2D eigenvalue weighted by Crippen LogP contribution is 2.13. The molecule has 0 aromatic carbocycles. The molecule has 5 heteroatoms. The van der Waals surface area contributed by atoms with Gasteiger partial charge in [0, 0.05) is 19.5 Å². The topological polar surface area (TPSA) is 66.8 Å². The zero-order valence-corrected chi connectivity index (χ0v) is 11.3. The summed E-state index contributed by atoms with van der Waals surface area (Å²) in [5.74, 6) is -0.808. The average Bonchev–Trinajstić information content (AvgIpc) is 2.13. The first-order chi connectivity index (χ1) is 7.63. The molecule has 1 atom stereocenters. The van der Waals surface area contributed by atoms with Crippen LogP contribution < -0.4 is 0 Å². The number of carbonyl (C=O) groups excluding carboxylic acids is 1. The molecule has 1 amide bonds. The Kier molecular flexibility index (Phi) is 5.99. The fourth-order valence-corrected chi connectivity index (χ4v) is 1.26. The molecule has 0 aliphatic heterocycles. The molecule has 0 saturated heterocycles. The van der Waals surface area contributed by atoms with Gasteiger partial charge < -0.3 is 14.7 Å². The van der Waals surface area contributed by atoms with E-state index in [4.69, 9.17) is 9.84 Å². The Morgan fingerprint density at radius 3 is 2.29 bits per heavy atom. The Bertz CT molecular complexity index is 270. The highest BCUT2D eigenvalue weighted by Gasteiger charge is 2.22. The molecule has 17 heavy (non-hydrogen) atoms. The van der Waals surface area contributed by atoms with E-state index in [2.05, 4.69) is 0 Å². The second-order valence-corrected chi connectivity index (χ2v) is 5.23. The van der Waals surface area contributed by atoms with Crippen molar-refractivity contribution in [1.82, 2.24) is 4.90 Å². The van der Waals surface area contributed by atoms with Gasteiger partial charge >= 0.3 is 12.1 Å². The van der Waals surface area contributed by atoms with E-state index in [0.717, 1.165) is 0 Å². The van der Waals surface area contributed by atoms with E-state index in [0.29, 0.717) is 12.8 Å². The molecule has 0 aliphatic rings. The summed E-state index contributed by atoms with van der Waals surface area (Å²) in [4.78, 5) is 23.6. The molecule has 1 unspecified atom stereocenters. The maximum absolute atomic E-state index is 11.7. The summed E-state index contributed by atoms with van der Waals surface area (Å²) in [5.41, 5.74) is -0.508. The predicted molar refractivity (Wildman–Crippen MR) is 64.9 cm³/mol. The molecule has 0 spiro atoms. The summed E-state index contributed by atoms with van der Waals surface area (Å²) in [5, 5.41) is 8.52. The first-order valence-corrected chi connectivity index (χ1v) is 5.81. The van der Waals surface area contributed by atoms with Crippen LogP contribution in [0.5, 0.6) is 0 Å². The van der Waals surface area contributed by atoms with Crippen molar-refractivity contribution in [2.45, 2.75) is 58.6 Å². The van der Waals surface area contributed by atoms with Gasteiger partial charge in [0.1, 0.15) is 5.60 Å². The molecule has 0 fully saturated rings. The van der Waals surface area contributed by atoms with Crippen LogP contribution >= 0.6 is 0 Å². The van der Waals surface area contributed by atoms with Crippen LogP contribution in [0.2, 0.25) is 0 Å². The van der Waals surface area contributed by atoms with Crippen molar-refractivity contribution in [3.63, 3.8) is 0 Å². The highest BCUT2D eigenvalue weighted by atomic mass is 16.6. The SMILES string of the molecule is CC(CCCC(=O)O)N(C)C(=O)OC(C)(C)C. The van der Waals surface area contributed by atoms with Gasteiger partial charge in [0.15, 0.2) is 0 Å². The number of rotatable bonds is 5. The lowest BCUT2D eigenvalue weighted by molar-refractivity contribution is -0.137. The fraction of sp³-hybridized carbons (Fsp3) is 0.833. The number of hydrogen-bond acceptors (Lipinski definition) is 3. The molecule has 0 bridgehead atoms. The van der Waals surface area contributed by atoms with Crippen LogP contribution in [0.15, 0.2) is 0 Å². The lowest BCUT2D eigenvalue weighted by atomic mass is 10.1. The third-order valence-electron chi connectivity index (χ3n) is 2.36. The van der Waals surface area contributed by atoms with Gasteiger partial charge in [0.05, 0.1) is 0 Å². The van der Waals surface area contributed by atoms with Gasteiger partial charge in [-0.25, -0.2) is 4.79 Å². The van der Waals surface area contributed by atoms with Gasteiger partial charge in [-0.3, -0.25) is 4.79 Å². The first-order valence-electron chi connectivity index (χ1n) is 5.81. The molecule has 0 aliphatic carbocycles. The van der Waals surface area contributed by atoms with Crippen LogP contribution in [0.25, 0.3) is 0 Å². The largest absolute Gasteiger partial charge is 0.481 e. The number of ether oxygens (including phenoxy) is 1. The molecule has 0 rings (SSSR count). The van der Waals surface area contributed by atoms with Crippen LogP contribution in [0.3, 0.4) is 0 Å². The van der Waals surface area contributed by atoms with Crippen molar-refractivity contribution >= 4 is 12.1 Å². The molecule has 5 nitrogen and oxygen atoms in total. The van der Waals surface area contributed by atoms with E-state index in [-0.39, 0.29) is 18.6 Å². The summed E-state index contributed by atoms with van der Waals surface area (Å²) >= 11 is 0. The van der Waals surface area contributed by atoms with Crippen LogP contribution in [-0.2, 0) is 9.53 Å². The molecule has 0 aromatic heterocycles. The van der Waals surface area contributed by atoms with E-state index in [9.17, 15) is 9.59 Å². The fourth-order valence-electron chi connectivity index (χ4n) is 1.26. The summed E-state index contributed by atoms with van der Waals surface area (Å²) in [6.45, 7) is 7.32. The van der Waals surface area contributed by atoms with E-state index in [1.54, 1.807) is 7.05 Å². The molecular formula is C12H23NO4. The van der Waals surface area contributed by atoms with Gasteiger partial charge in [-0.1, -0.05) is 0 Å². The van der Waals surface area contributed by atoms with Crippen LogP contribution in [0, 0.1) is 0 Å². The molecule has 0 heterocycles. The van der Waals surface area contributed by atoms with Gasteiger partial charge in [0.2, 0.25) is 0 Å². The van der Waals surface area contributed by atoms with E-state index >= 15 is 0 Å². The monoisotopic (exact) mass is 245 g/mol. The van der Waals surface area contributed by atoms with Crippen molar-refractivity contribution in [2.24, 2.45) is 0 Å². The van der Waals surface area contributed by atoms with Crippen molar-refractivity contribution < 1.29 is 19.4 Å². The number of carboxylic acids is 1. The lowest BCUT2D eigenvalue weighted by Gasteiger charge is -2.28. The number of carbonyl (C=O) groups is 2. The predicted octanol–water partition coefficient (Wildman–Crippen LogP) is 2.50. The van der Waals surface area contributed by atoms with Crippen LogP contribution in [0.1, 0.15) is 47.0 Å². The van der Waals surface area contributed by atoms with Crippen molar-refractivity contribution in [1.29, 1.82) is 0 Å². The molecule has 0 saturated carbocycles. The smallest absolute Gasteiger partial charge is 0.410 e. The third kappa shape index (κ3) is 7.60. The average molecular weight is 245 g/mol. The summed E-state index contributed by atoms with van der Waals surface area (Å²) in [6.07, 6.45) is 0.971. The summed E-state index contributed by atoms with van der Waals surface area (Å²) < 4.78 is 5.22. The van der Waals surface area contributed by atoms with Gasteiger partial charge in [-0.05, 0) is 40.5 Å². The van der Waals surface area contributed by atoms with Gasteiger partial charge in [0.25, 0.3) is 0 Å². The second-order valence-electron chi connectivity index (χ2n) is 5.23. The van der Waals surface area contributed by atoms with E-state index < -0.39 is 11.6 Å². The van der Waals surface area contributed by atoms with Crippen LogP contribution in [0.4, 0.5) is 4.79 Å². The zero-order valence-electron chi connectivity index (χ0n) is 11.3. The lowest BCUT2D eigenvalue weighted by Crippen LogP contribution is -2.39. The Labute approximate surface area is 103 Å². The van der Waals surface area contributed by atoms with E-state index in [1.165, 1.54) is 4.90 Å². The summed E-state index contributed by atoms with van der Waals surface area (Å²) in [7, 11) is 1.67. The summed E-state index contributed by atoms with van der Waals surface area (Å²) in [6, 6.07) is -0.0239. The number of carboxylic acid groups (broad SMARTS) is 1. The first kappa shape index (κ1) is 15.7. The van der Waals surface area contributed by atoms with Gasteiger partial charge in [-0.2, -0.15) is 0 Å². The van der Waals surface area contributed by atoms with Crippen molar-refractivity contribution in [2.75, 3.05) is 7.05 Å².